The van der Waals surface area contributed by atoms with Gasteiger partial charge in [0.2, 0.25) is 0 Å². The smallest absolute Gasteiger partial charge is 0.0814 e. The summed E-state index contributed by atoms with van der Waals surface area (Å²) in [7, 11) is 0. The molecule has 0 aliphatic carbocycles. The largest absolute Gasteiger partial charge is 0.346 e. The van der Waals surface area contributed by atoms with E-state index < -0.39 is 0 Å². The molecule has 1 nitrogen and oxygen atoms in total. The lowest BCUT2D eigenvalue weighted by molar-refractivity contribution is -0.641. The molecule has 2 N–H and O–H groups in total. The Labute approximate surface area is 57.8 Å². The van der Waals surface area contributed by atoms with Crippen molar-refractivity contribution < 1.29 is 5.32 Å². The monoisotopic (exact) mass is 128 g/mol. The van der Waals surface area contributed by atoms with Crippen LogP contribution in [0.3, 0.4) is 0 Å². The Kier molecular flexibility index (Phi) is 1.80. The van der Waals surface area contributed by atoms with Gasteiger partial charge in [-0.05, 0) is 5.92 Å². The number of hydrogen-bond acceptors (Lipinski definition) is 0. The molecule has 0 amide bonds. The van der Waals surface area contributed by atoms with Crippen LogP contribution in [0.1, 0.15) is 27.2 Å². The van der Waals surface area contributed by atoms with Crippen LogP contribution in [-0.4, -0.2) is 13.1 Å². The van der Waals surface area contributed by atoms with Crippen LogP contribution < -0.4 is 5.32 Å². The molecule has 1 heterocycles. The van der Waals surface area contributed by atoms with Crippen molar-refractivity contribution in [3.63, 3.8) is 0 Å². The van der Waals surface area contributed by atoms with Gasteiger partial charge in [-0.3, -0.25) is 0 Å². The molecule has 1 heteroatoms. The van der Waals surface area contributed by atoms with Gasteiger partial charge in [-0.15, -0.1) is 0 Å². The summed E-state index contributed by atoms with van der Waals surface area (Å²) in [4.78, 5) is 0. The highest BCUT2D eigenvalue weighted by Crippen LogP contribution is 2.30. The molecule has 0 radical (unpaired) electrons. The average molecular weight is 128 g/mol. The number of nitrogens with two attached hydrogens (primary N) is 1. The summed E-state index contributed by atoms with van der Waals surface area (Å²) in [5.41, 5.74) is 0.639. The fourth-order valence-corrected chi connectivity index (χ4v) is 1.49. The molecule has 1 aliphatic rings. The maximum Gasteiger partial charge on any atom is 0.0814 e. The van der Waals surface area contributed by atoms with Gasteiger partial charge in [0, 0.05) is 11.8 Å². The molecule has 0 unspecified atom stereocenters. The zero-order chi connectivity index (χ0) is 6.91. The van der Waals surface area contributed by atoms with Crippen LogP contribution >= 0.6 is 0 Å². The molecule has 0 saturated carbocycles. The Morgan fingerprint density at radius 3 is 2.33 bits per heavy atom. The summed E-state index contributed by atoms with van der Waals surface area (Å²) in [6, 6.07) is 0. The highest BCUT2D eigenvalue weighted by Gasteiger charge is 2.34. The first-order valence-corrected chi connectivity index (χ1v) is 3.97. The van der Waals surface area contributed by atoms with Crippen LogP contribution in [0.15, 0.2) is 0 Å². The third-order valence-corrected chi connectivity index (χ3v) is 2.92. The van der Waals surface area contributed by atoms with Gasteiger partial charge in [-0.25, -0.2) is 0 Å². The third-order valence-electron chi connectivity index (χ3n) is 2.92. The number of quaternary nitrogens is 1. The SMILES string of the molecule is CC(C)[C@]1(C)CC[NH2+]C1. The van der Waals surface area contributed by atoms with Crippen molar-refractivity contribution in [1.29, 1.82) is 0 Å². The summed E-state index contributed by atoms with van der Waals surface area (Å²) in [5, 5.41) is 2.43. The first kappa shape index (κ1) is 7.07. The van der Waals surface area contributed by atoms with E-state index in [-0.39, 0.29) is 0 Å². The van der Waals surface area contributed by atoms with Crippen molar-refractivity contribution in [3.8, 4) is 0 Å². The van der Waals surface area contributed by atoms with E-state index in [9.17, 15) is 0 Å². The lowest BCUT2D eigenvalue weighted by atomic mass is 9.79. The van der Waals surface area contributed by atoms with Crippen molar-refractivity contribution in [2.45, 2.75) is 27.2 Å². The molecule has 0 aromatic heterocycles. The van der Waals surface area contributed by atoms with Crippen molar-refractivity contribution in [3.05, 3.63) is 0 Å². The molecule has 1 saturated heterocycles. The van der Waals surface area contributed by atoms with Gasteiger partial charge in [-0.2, -0.15) is 0 Å². The van der Waals surface area contributed by atoms with Crippen LogP contribution in [-0.2, 0) is 0 Å². The predicted octanol–water partition coefficient (Wildman–Crippen LogP) is 0.616. The van der Waals surface area contributed by atoms with E-state index in [0.29, 0.717) is 5.41 Å². The van der Waals surface area contributed by atoms with Gasteiger partial charge in [-0.1, -0.05) is 20.8 Å². The molecular formula is C8H18N+. The second-order valence-corrected chi connectivity index (χ2v) is 3.84. The molecule has 54 valence electrons. The van der Waals surface area contributed by atoms with Crippen molar-refractivity contribution in [1.82, 2.24) is 0 Å². The van der Waals surface area contributed by atoms with E-state index >= 15 is 0 Å². The second kappa shape index (κ2) is 2.30. The highest BCUT2D eigenvalue weighted by molar-refractivity contribution is 4.78. The van der Waals surface area contributed by atoms with Crippen molar-refractivity contribution in [2.24, 2.45) is 11.3 Å². The lowest BCUT2D eigenvalue weighted by Crippen LogP contribution is -2.82. The third kappa shape index (κ3) is 1.26. The summed E-state index contributed by atoms with van der Waals surface area (Å²) in [6.45, 7) is 9.75. The fraction of sp³-hybridized carbons (Fsp3) is 1.00. The Balaban J connectivity index is 2.51. The van der Waals surface area contributed by atoms with Crippen LogP contribution in [0.25, 0.3) is 0 Å². The number of hydrogen-bond donors (Lipinski definition) is 1. The molecular weight excluding hydrogens is 110 g/mol. The first-order chi connectivity index (χ1) is 4.15. The van der Waals surface area contributed by atoms with E-state index in [4.69, 9.17) is 0 Å². The maximum absolute atomic E-state index is 2.43. The second-order valence-electron chi connectivity index (χ2n) is 3.84. The molecule has 1 rings (SSSR count). The molecule has 0 bridgehead atoms. The lowest BCUT2D eigenvalue weighted by Gasteiger charge is -2.24. The maximum atomic E-state index is 2.43. The Morgan fingerprint density at radius 2 is 2.11 bits per heavy atom. The first-order valence-electron chi connectivity index (χ1n) is 3.97. The minimum atomic E-state index is 0.639. The molecule has 0 aromatic rings. The topological polar surface area (TPSA) is 16.6 Å². The van der Waals surface area contributed by atoms with E-state index in [1.54, 1.807) is 0 Å². The molecule has 1 fully saturated rings. The fourth-order valence-electron chi connectivity index (χ4n) is 1.49. The summed E-state index contributed by atoms with van der Waals surface area (Å²) >= 11 is 0. The van der Waals surface area contributed by atoms with E-state index in [2.05, 4.69) is 26.1 Å². The van der Waals surface area contributed by atoms with Crippen molar-refractivity contribution in [2.75, 3.05) is 13.1 Å². The minimum absolute atomic E-state index is 0.639. The van der Waals surface area contributed by atoms with E-state index in [0.717, 1.165) is 5.92 Å². The quantitative estimate of drug-likeness (QED) is 0.533. The zero-order valence-electron chi connectivity index (χ0n) is 6.78. The van der Waals surface area contributed by atoms with Gasteiger partial charge in [0.1, 0.15) is 0 Å². The Morgan fingerprint density at radius 1 is 1.44 bits per heavy atom. The Bertz CT molecular complexity index is 90.7. The summed E-state index contributed by atoms with van der Waals surface area (Å²) in [6.07, 6.45) is 1.41. The van der Waals surface area contributed by atoms with Crippen molar-refractivity contribution >= 4 is 0 Å². The minimum Gasteiger partial charge on any atom is -0.346 e. The highest BCUT2D eigenvalue weighted by atomic mass is 14.9. The average Bonchev–Trinajstić information content (AvgIpc) is 2.16. The van der Waals surface area contributed by atoms with Gasteiger partial charge in [0.05, 0.1) is 13.1 Å². The number of rotatable bonds is 1. The predicted molar refractivity (Wildman–Crippen MR) is 39.2 cm³/mol. The van der Waals surface area contributed by atoms with Crippen LogP contribution in [0, 0.1) is 11.3 Å². The van der Waals surface area contributed by atoms with Gasteiger partial charge < -0.3 is 5.32 Å². The van der Waals surface area contributed by atoms with Gasteiger partial charge in [0.25, 0.3) is 0 Å². The van der Waals surface area contributed by atoms with Gasteiger partial charge in [0.15, 0.2) is 0 Å². The molecule has 1 atom stereocenters. The molecule has 9 heavy (non-hydrogen) atoms. The molecule has 0 spiro atoms. The van der Waals surface area contributed by atoms with E-state index in [1.165, 1.54) is 19.5 Å². The van der Waals surface area contributed by atoms with Crippen LogP contribution in [0.4, 0.5) is 0 Å². The molecule has 1 aliphatic heterocycles. The van der Waals surface area contributed by atoms with Crippen LogP contribution in [0.5, 0.6) is 0 Å². The normalized spacial score (nSPS) is 36.0. The zero-order valence-corrected chi connectivity index (χ0v) is 6.78. The summed E-state index contributed by atoms with van der Waals surface area (Å²) in [5.74, 6) is 0.858. The molecule has 0 aromatic carbocycles. The Hall–Kier alpha value is -0.0400. The summed E-state index contributed by atoms with van der Waals surface area (Å²) < 4.78 is 0. The standard InChI is InChI=1S/C8H17N/c1-7(2)8(3)4-5-9-6-8/h7,9H,4-6H2,1-3H3/p+1/t8-/m1/s1. The van der Waals surface area contributed by atoms with Crippen LogP contribution in [0.2, 0.25) is 0 Å². The van der Waals surface area contributed by atoms with E-state index in [1.807, 2.05) is 0 Å². The van der Waals surface area contributed by atoms with Gasteiger partial charge >= 0.3 is 0 Å².